The van der Waals surface area contributed by atoms with Crippen LogP contribution in [0.25, 0.3) is 0 Å². The molecule has 1 aliphatic rings. The molecule has 2 N–H and O–H groups in total. The van der Waals surface area contributed by atoms with Crippen molar-refractivity contribution in [2.45, 2.75) is 17.4 Å². The molecule has 2 aromatic carbocycles. The molecular formula is C16H14F2N2OS. The molecule has 1 atom stereocenters. The lowest BCUT2D eigenvalue weighted by Crippen LogP contribution is -2.34. The SMILES string of the molecule is O=C(Nc1ccc(F)cc1F)NC1CCSc2ccccc21. The predicted molar refractivity (Wildman–Crippen MR) is 83.0 cm³/mol. The Hall–Kier alpha value is -2.08. The van der Waals surface area contributed by atoms with E-state index in [1.807, 2.05) is 24.3 Å². The zero-order valence-corrected chi connectivity index (χ0v) is 12.4. The lowest BCUT2D eigenvalue weighted by molar-refractivity contribution is 0.248. The number of carbonyl (C=O) groups excluding carboxylic acids is 1. The number of urea groups is 1. The zero-order chi connectivity index (χ0) is 15.5. The van der Waals surface area contributed by atoms with Gasteiger partial charge in [-0.1, -0.05) is 18.2 Å². The van der Waals surface area contributed by atoms with Crippen LogP contribution in [-0.4, -0.2) is 11.8 Å². The molecule has 3 nitrogen and oxygen atoms in total. The highest BCUT2D eigenvalue weighted by Gasteiger charge is 2.22. The largest absolute Gasteiger partial charge is 0.331 e. The molecule has 114 valence electrons. The molecule has 0 fully saturated rings. The molecule has 0 bridgehead atoms. The molecule has 1 unspecified atom stereocenters. The molecule has 0 saturated carbocycles. The first kappa shape index (κ1) is 14.8. The Balaban J connectivity index is 1.70. The molecule has 6 heteroatoms. The standard InChI is InChI=1S/C16H14F2N2OS/c17-10-5-6-14(12(18)9-10)20-16(21)19-13-7-8-22-15-4-2-1-3-11(13)15/h1-6,9,13H,7-8H2,(H2,19,20,21). The first-order valence-corrected chi connectivity index (χ1v) is 7.86. The Bertz CT molecular complexity index is 708. The van der Waals surface area contributed by atoms with Gasteiger partial charge in [-0.25, -0.2) is 13.6 Å². The van der Waals surface area contributed by atoms with E-state index in [4.69, 9.17) is 0 Å². The number of fused-ring (bicyclic) bond motifs is 1. The van der Waals surface area contributed by atoms with Crippen LogP contribution in [0.5, 0.6) is 0 Å². The first-order valence-electron chi connectivity index (χ1n) is 6.88. The molecule has 0 radical (unpaired) electrons. The number of nitrogens with one attached hydrogen (secondary N) is 2. The van der Waals surface area contributed by atoms with Crippen molar-refractivity contribution in [3.8, 4) is 0 Å². The molecule has 0 aromatic heterocycles. The van der Waals surface area contributed by atoms with Crippen molar-refractivity contribution in [1.29, 1.82) is 0 Å². The van der Waals surface area contributed by atoms with E-state index in [0.717, 1.165) is 34.8 Å². The van der Waals surface area contributed by atoms with Gasteiger partial charge in [0.05, 0.1) is 11.7 Å². The molecule has 22 heavy (non-hydrogen) atoms. The van der Waals surface area contributed by atoms with Crippen LogP contribution < -0.4 is 10.6 Å². The topological polar surface area (TPSA) is 41.1 Å². The van der Waals surface area contributed by atoms with Crippen LogP contribution in [-0.2, 0) is 0 Å². The third kappa shape index (κ3) is 3.22. The molecule has 2 aromatic rings. The average molecular weight is 320 g/mol. The second kappa shape index (κ2) is 6.36. The molecule has 0 aliphatic carbocycles. The maximum atomic E-state index is 13.5. The van der Waals surface area contributed by atoms with E-state index < -0.39 is 17.7 Å². The third-order valence-electron chi connectivity index (χ3n) is 3.44. The molecule has 3 rings (SSSR count). The average Bonchev–Trinajstić information content (AvgIpc) is 2.50. The Morgan fingerprint density at radius 3 is 2.82 bits per heavy atom. The molecular weight excluding hydrogens is 306 g/mol. The van der Waals surface area contributed by atoms with Gasteiger partial charge in [0.1, 0.15) is 11.6 Å². The van der Waals surface area contributed by atoms with Crippen LogP contribution in [0.4, 0.5) is 19.3 Å². The quantitative estimate of drug-likeness (QED) is 0.865. The van der Waals surface area contributed by atoms with Gasteiger partial charge in [0.25, 0.3) is 0 Å². The smallest absolute Gasteiger partial charge is 0.319 e. The van der Waals surface area contributed by atoms with Crippen molar-refractivity contribution in [3.05, 3.63) is 59.7 Å². The van der Waals surface area contributed by atoms with Crippen LogP contribution in [0.15, 0.2) is 47.4 Å². The Kier molecular flexibility index (Phi) is 4.29. The number of carbonyl (C=O) groups is 1. The van der Waals surface area contributed by atoms with Gasteiger partial charge in [-0.15, -0.1) is 11.8 Å². The Labute approximate surface area is 131 Å². The Morgan fingerprint density at radius 1 is 1.18 bits per heavy atom. The highest BCUT2D eigenvalue weighted by atomic mass is 32.2. The lowest BCUT2D eigenvalue weighted by Gasteiger charge is -2.26. The second-order valence-electron chi connectivity index (χ2n) is 4.95. The maximum Gasteiger partial charge on any atom is 0.319 e. The number of amides is 2. The molecule has 0 saturated heterocycles. The van der Waals surface area contributed by atoms with Gasteiger partial charge in [-0.05, 0) is 30.2 Å². The van der Waals surface area contributed by atoms with E-state index >= 15 is 0 Å². The van der Waals surface area contributed by atoms with Crippen molar-refractivity contribution in [1.82, 2.24) is 5.32 Å². The number of hydrogen-bond acceptors (Lipinski definition) is 2. The van der Waals surface area contributed by atoms with Crippen molar-refractivity contribution in [2.24, 2.45) is 0 Å². The summed E-state index contributed by atoms with van der Waals surface area (Å²) >= 11 is 1.75. The van der Waals surface area contributed by atoms with E-state index in [-0.39, 0.29) is 11.7 Å². The van der Waals surface area contributed by atoms with Gasteiger partial charge in [0.2, 0.25) is 0 Å². The number of rotatable bonds is 2. The normalized spacial score (nSPS) is 16.7. The van der Waals surface area contributed by atoms with Crippen LogP contribution in [0.3, 0.4) is 0 Å². The number of benzene rings is 2. The lowest BCUT2D eigenvalue weighted by atomic mass is 10.0. The fourth-order valence-electron chi connectivity index (χ4n) is 2.40. The first-order chi connectivity index (χ1) is 10.6. The van der Waals surface area contributed by atoms with Gasteiger partial charge < -0.3 is 10.6 Å². The summed E-state index contributed by atoms with van der Waals surface area (Å²) < 4.78 is 26.4. The van der Waals surface area contributed by atoms with Gasteiger partial charge >= 0.3 is 6.03 Å². The molecule has 1 heterocycles. The van der Waals surface area contributed by atoms with Crippen LogP contribution in [0.1, 0.15) is 18.0 Å². The van der Waals surface area contributed by atoms with Gasteiger partial charge in [-0.2, -0.15) is 0 Å². The van der Waals surface area contributed by atoms with E-state index in [2.05, 4.69) is 10.6 Å². The van der Waals surface area contributed by atoms with Crippen molar-refractivity contribution < 1.29 is 13.6 Å². The van der Waals surface area contributed by atoms with E-state index in [0.29, 0.717) is 0 Å². The maximum absolute atomic E-state index is 13.5. The van der Waals surface area contributed by atoms with Crippen LogP contribution >= 0.6 is 11.8 Å². The number of thioether (sulfide) groups is 1. The minimum absolute atomic E-state index is 0.0441. The summed E-state index contributed by atoms with van der Waals surface area (Å²) in [5.41, 5.74) is 1.02. The van der Waals surface area contributed by atoms with E-state index in [9.17, 15) is 13.6 Å². The summed E-state index contributed by atoms with van der Waals surface area (Å²) in [5, 5.41) is 5.26. The summed E-state index contributed by atoms with van der Waals surface area (Å²) in [7, 11) is 0. The van der Waals surface area contributed by atoms with Crippen LogP contribution in [0, 0.1) is 11.6 Å². The summed E-state index contributed by atoms with van der Waals surface area (Å²) in [6.45, 7) is 0. The molecule has 0 spiro atoms. The van der Waals surface area contributed by atoms with Gasteiger partial charge in [0.15, 0.2) is 0 Å². The minimum atomic E-state index is -0.797. The van der Waals surface area contributed by atoms with Crippen molar-refractivity contribution in [2.75, 3.05) is 11.1 Å². The summed E-state index contributed by atoms with van der Waals surface area (Å²) in [4.78, 5) is 13.2. The summed E-state index contributed by atoms with van der Waals surface area (Å²) in [5.74, 6) is -0.566. The highest BCUT2D eigenvalue weighted by Crippen LogP contribution is 2.35. The van der Waals surface area contributed by atoms with Crippen molar-refractivity contribution >= 4 is 23.5 Å². The van der Waals surface area contributed by atoms with Crippen LogP contribution in [0.2, 0.25) is 0 Å². The van der Waals surface area contributed by atoms with Gasteiger partial charge in [-0.3, -0.25) is 0 Å². The number of halogens is 2. The fourth-order valence-corrected chi connectivity index (χ4v) is 3.52. The van der Waals surface area contributed by atoms with E-state index in [1.54, 1.807) is 11.8 Å². The Morgan fingerprint density at radius 2 is 2.00 bits per heavy atom. The second-order valence-corrected chi connectivity index (χ2v) is 6.09. The monoisotopic (exact) mass is 320 g/mol. The summed E-state index contributed by atoms with van der Waals surface area (Å²) in [6, 6.07) is 10.3. The zero-order valence-electron chi connectivity index (χ0n) is 11.6. The van der Waals surface area contributed by atoms with Crippen molar-refractivity contribution in [3.63, 3.8) is 0 Å². The third-order valence-corrected chi connectivity index (χ3v) is 4.57. The highest BCUT2D eigenvalue weighted by molar-refractivity contribution is 7.99. The number of hydrogen-bond donors (Lipinski definition) is 2. The van der Waals surface area contributed by atoms with Gasteiger partial charge in [0, 0.05) is 16.7 Å². The molecule has 1 aliphatic heterocycles. The predicted octanol–water partition coefficient (Wildman–Crippen LogP) is 4.32. The summed E-state index contributed by atoms with van der Waals surface area (Å²) in [6.07, 6.45) is 0.807. The van der Waals surface area contributed by atoms with E-state index in [1.165, 1.54) is 6.07 Å². The fraction of sp³-hybridized carbons (Fsp3) is 0.188. The number of anilines is 1. The minimum Gasteiger partial charge on any atom is -0.331 e. The molecule has 2 amide bonds.